The van der Waals surface area contributed by atoms with Gasteiger partial charge in [-0.05, 0) is 37.5 Å². The van der Waals surface area contributed by atoms with Crippen LogP contribution in [0.4, 0.5) is 0 Å². The second-order valence-corrected chi connectivity index (χ2v) is 27.8. The molecule has 17 nitrogen and oxygen atoms in total. The van der Waals surface area contributed by atoms with E-state index in [1.165, 1.54) is 148 Å². The summed E-state index contributed by atoms with van der Waals surface area (Å²) in [6.45, 7) is 9.40. The minimum absolute atomic E-state index is 0.101. The number of esters is 4. The Hall–Kier alpha value is -1.94. The lowest BCUT2D eigenvalue weighted by Crippen LogP contribution is -2.30. The molecule has 0 aliphatic rings. The van der Waals surface area contributed by atoms with Crippen molar-refractivity contribution in [1.82, 2.24) is 0 Å². The predicted molar refractivity (Wildman–Crippen MR) is 345 cm³/mol. The Morgan fingerprint density at radius 3 is 0.884 bits per heavy atom. The molecule has 0 fully saturated rings. The fourth-order valence-corrected chi connectivity index (χ4v) is 11.6. The van der Waals surface area contributed by atoms with Crippen LogP contribution in [0.15, 0.2) is 0 Å². The van der Waals surface area contributed by atoms with Crippen LogP contribution >= 0.6 is 15.6 Å². The highest BCUT2D eigenvalue weighted by atomic mass is 31.2. The van der Waals surface area contributed by atoms with E-state index in [-0.39, 0.29) is 25.7 Å². The number of aliphatic hydroxyl groups is 1. The zero-order valence-corrected chi connectivity index (χ0v) is 57.4. The van der Waals surface area contributed by atoms with Crippen molar-refractivity contribution in [2.75, 3.05) is 39.6 Å². The maximum Gasteiger partial charge on any atom is 0.472 e. The van der Waals surface area contributed by atoms with Crippen LogP contribution in [0.2, 0.25) is 0 Å². The van der Waals surface area contributed by atoms with Gasteiger partial charge in [-0.1, -0.05) is 286 Å². The van der Waals surface area contributed by atoms with E-state index >= 15 is 0 Å². The van der Waals surface area contributed by atoms with Crippen molar-refractivity contribution in [2.24, 2.45) is 11.8 Å². The van der Waals surface area contributed by atoms with Gasteiger partial charge >= 0.3 is 39.5 Å². The molecule has 0 aliphatic carbocycles. The number of carbonyl (C=O) groups is 4. The van der Waals surface area contributed by atoms with Crippen LogP contribution in [0.3, 0.4) is 0 Å². The number of rotatable bonds is 66. The van der Waals surface area contributed by atoms with Gasteiger partial charge in [0.25, 0.3) is 0 Å². The molecule has 0 aromatic carbocycles. The predicted octanol–water partition coefficient (Wildman–Crippen LogP) is 18.8. The molecule has 0 aliphatic heterocycles. The van der Waals surface area contributed by atoms with E-state index in [9.17, 15) is 43.2 Å². The van der Waals surface area contributed by atoms with Crippen molar-refractivity contribution in [3.8, 4) is 0 Å². The van der Waals surface area contributed by atoms with Gasteiger partial charge in [-0.3, -0.25) is 37.3 Å². The zero-order chi connectivity index (χ0) is 63.6. The van der Waals surface area contributed by atoms with Crippen LogP contribution in [0.1, 0.15) is 337 Å². The standard InChI is InChI=1S/C67H130O17P2/c1-7-10-12-14-15-16-17-18-22-25-28-31-38-44-50-65(70)78-56-63(83-66(71)51-45-39-32-29-26-23-20-19-21-24-27-30-37-42-48-60(6)9-3)58-82-86(75,76)80-54-61(68)53-79-85(73,74)81-57-62(55-77-64(69)49-43-35-13-11-8-2)84-67(72)52-46-40-34-33-36-41-47-59(4)5/h59-63,68H,7-58H2,1-6H3,(H,73,74)(H,75,76)/t60?,61-,62+,63+/m0/s1. The lowest BCUT2D eigenvalue weighted by atomic mass is 9.99. The van der Waals surface area contributed by atoms with Crippen molar-refractivity contribution in [3.05, 3.63) is 0 Å². The van der Waals surface area contributed by atoms with Crippen LogP contribution in [0.5, 0.6) is 0 Å². The lowest BCUT2D eigenvalue weighted by molar-refractivity contribution is -0.161. The third-order valence-electron chi connectivity index (χ3n) is 15.8. The molecule has 510 valence electrons. The van der Waals surface area contributed by atoms with Crippen molar-refractivity contribution >= 4 is 39.5 Å². The summed E-state index contributed by atoms with van der Waals surface area (Å²) in [6, 6.07) is 0. The molecule has 3 unspecified atom stereocenters. The number of phosphoric acid groups is 2. The topological polar surface area (TPSA) is 237 Å². The molecule has 3 N–H and O–H groups in total. The molecular weight excluding hydrogens is 1140 g/mol. The Kier molecular flexibility index (Phi) is 58.0. The van der Waals surface area contributed by atoms with E-state index in [2.05, 4.69) is 41.5 Å². The largest absolute Gasteiger partial charge is 0.472 e. The van der Waals surface area contributed by atoms with Gasteiger partial charge in [-0.2, -0.15) is 0 Å². The Morgan fingerprint density at radius 2 is 0.593 bits per heavy atom. The van der Waals surface area contributed by atoms with Gasteiger partial charge < -0.3 is 33.8 Å². The van der Waals surface area contributed by atoms with E-state index in [1.54, 1.807) is 0 Å². The average molecular weight is 1270 g/mol. The third-order valence-corrected chi connectivity index (χ3v) is 17.7. The van der Waals surface area contributed by atoms with Crippen molar-refractivity contribution in [1.29, 1.82) is 0 Å². The minimum Gasteiger partial charge on any atom is -0.462 e. The van der Waals surface area contributed by atoms with Gasteiger partial charge in [-0.15, -0.1) is 0 Å². The highest BCUT2D eigenvalue weighted by Crippen LogP contribution is 2.45. The van der Waals surface area contributed by atoms with E-state index in [4.69, 9.17) is 37.0 Å². The highest BCUT2D eigenvalue weighted by Gasteiger charge is 2.30. The number of aliphatic hydroxyl groups excluding tert-OH is 1. The SMILES string of the molecule is CCCCCCCCCCCCCCCCC(=O)OC[C@H](COP(=O)(O)OC[C@@H](O)COP(=O)(O)OC[C@@H](COC(=O)CCCCCCC)OC(=O)CCCCCCCCC(C)C)OC(=O)CCCCCCCCCCCCCCCCC(C)CC. The molecule has 86 heavy (non-hydrogen) atoms. The first-order valence-electron chi connectivity index (χ1n) is 35.0. The summed E-state index contributed by atoms with van der Waals surface area (Å²) in [7, 11) is -9.88. The van der Waals surface area contributed by atoms with Crippen molar-refractivity contribution in [3.63, 3.8) is 0 Å². The first kappa shape index (κ1) is 84.1. The Balaban J connectivity index is 5.15. The van der Waals surface area contributed by atoms with Gasteiger partial charge in [0.1, 0.15) is 19.3 Å². The summed E-state index contributed by atoms with van der Waals surface area (Å²) in [5.74, 6) is -0.627. The average Bonchev–Trinajstić information content (AvgIpc) is 3.61. The maximum atomic E-state index is 13.0. The van der Waals surface area contributed by atoms with E-state index in [1.807, 2.05) is 0 Å². The number of carbonyl (C=O) groups excluding carboxylic acids is 4. The van der Waals surface area contributed by atoms with Gasteiger partial charge in [0, 0.05) is 25.7 Å². The monoisotopic (exact) mass is 1270 g/mol. The molecule has 0 radical (unpaired) electrons. The molecule has 0 saturated carbocycles. The van der Waals surface area contributed by atoms with Gasteiger partial charge in [-0.25, -0.2) is 9.13 Å². The summed E-state index contributed by atoms with van der Waals surface area (Å²) in [5.41, 5.74) is 0. The maximum absolute atomic E-state index is 13.0. The lowest BCUT2D eigenvalue weighted by Gasteiger charge is -2.21. The van der Waals surface area contributed by atoms with Gasteiger partial charge in [0.05, 0.1) is 26.4 Å². The summed E-state index contributed by atoms with van der Waals surface area (Å²) in [5, 5.41) is 10.5. The van der Waals surface area contributed by atoms with Crippen molar-refractivity contribution < 1.29 is 80.2 Å². The molecule has 0 saturated heterocycles. The third kappa shape index (κ3) is 59.7. The van der Waals surface area contributed by atoms with Crippen LogP contribution in [-0.4, -0.2) is 96.7 Å². The molecule has 0 bridgehead atoms. The second-order valence-electron chi connectivity index (χ2n) is 24.9. The fourth-order valence-electron chi connectivity index (χ4n) is 10.0. The van der Waals surface area contributed by atoms with E-state index in [0.29, 0.717) is 31.6 Å². The van der Waals surface area contributed by atoms with Crippen LogP contribution in [0, 0.1) is 11.8 Å². The normalized spacial score (nSPS) is 14.5. The molecule has 0 rings (SSSR count). The zero-order valence-electron chi connectivity index (χ0n) is 55.6. The Labute approximate surface area is 524 Å². The molecule has 0 heterocycles. The number of hydrogen-bond acceptors (Lipinski definition) is 15. The molecule has 0 aromatic heterocycles. The van der Waals surface area contributed by atoms with Gasteiger partial charge in [0.15, 0.2) is 12.2 Å². The molecule has 0 amide bonds. The van der Waals surface area contributed by atoms with Gasteiger partial charge in [0.2, 0.25) is 0 Å². The fraction of sp³-hybridized carbons (Fsp3) is 0.940. The summed E-state index contributed by atoms with van der Waals surface area (Å²) >= 11 is 0. The first-order chi connectivity index (χ1) is 41.4. The first-order valence-corrected chi connectivity index (χ1v) is 38.0. The minimum atomic E-state index is -4.95. The van der Waals surface area contributed by atoms with Crippen molar-refractivity contribution in [2.45, 2.75) is 355 Å². The highest BCUT2D eigenvalue weighted by molar-refractivity contribution is 7.47. The quantitative estimate of drug-likeness (QED) is 0.0222. The Bertz CT molecular complexity index is 1690. The number of phosphoric ester groups is 2. The molecule has 6 atom stereocenters. The second kappa shape index (κ2) is 59.4. The summed E-state index contributed by atoms with van der Waals surface area (Å²) in [6.07, 6.45) is 43.6. The van der Waals surface area contributed by atoms with Crippen LogP contribution in [-0.2, 0) is 65.4 Å². The summed E-state index contributed by atoms with van der Waals surface area (Å²) < 4.78 is 67.9. The number of hydrogen-bond donors (Lipinski definition) is 3. The molecule has 0 aromatic rings. The number of ether oxygens (including phenoxy) is 4. The van der Waals surface area contributed by atoms with E-state index < -0.39 is 97.5 Å². The number of unbranched alkanes of at least 4 members (excludes halogenated alkanes) is 35. The molecular formula is C67H130O17P2. The van der Waals surface area contributed by atoms with E-state index in [0.717, 1.165) is 102 Å². The Morgan fingerprint density at radius 1 is 0.337 bits per heavy atom. The van der Waals surface area contributed by atoms with Crippen LogP contribution < -0.4 is 0 Å². The molecule has 19 heteroatoms. The molecule has 0 spiro atoms. The smallest absolute Gasteiger partial charge is 0.462 e. The van der Waals surface area contributed by atoms with Crippen LogP contribution in [0.25, 0.3) is 0 Å². The summed E-state index contributed by atoms with van der Waals surface area (Å²) in [4.78, 5) is 72.1.